The fourth-order valence-electron chi connectivity index (χ4n) is 3.03. The van der Waals surface area contributed by atoms with Gasteiger partial charge in [-0.15, -0.1) is 11.3 Å². The average Bonchev–Trinajstić information content (AvgIpc) is 3.01. The molecule has 0 saturated carbocycles. The predicted molar refractivity (Wildman–Crippen MR) is 102 cm³/mol. The molecular weight excluding hydrogens is 372 g/mol. The summed E-state index contributed by atoms with van der Waals surface area (Å²) in [5.74, 6) is 0.180. The van der Waals surface area contributed by atoms with Gasteiger partial charge >= 0.3 is 10.2 Å². The summed E-state index contributed by atoms with van der Waals surface area (Å²) < 4.78 is 34.6. The van der Waals surface area contributed by atoms with Crippen molar-refractivity contribution >= 4 is 43.2 Å². The number of nitrogens with zero attached hydrogens (tertiary/aromatic N) is 1. The largest absolute Gasteiger partial charge is 0.497 e. The lowest BCUT2D eigenvalue weighted by Crippen LogP contribution is -2.48. The van der Waals surface area contributed by atoms with E-state index < -0.39 is 16.1 Å². The number of carbonyl (C=O) groups is 1. The quantitative estimate of drug-likeness (QED) is 0.746. The molecule has 0 unspecified atom stereocenters. The van der Waals surface area contributed by atoms with Gasteiger partial charge in [-0.05, 0) is 30.2 Å². The number of methoxy groups -OCH3 is 1. The zero-order valence-electron chi connectivity index (χ0n) is 13.9. The Bertz CT molecular complexity index is 1090. The molecule has 0 spiro atoms. The van der Waals surface area contributed by atoms with Crippen LogP contribution in [0.25, 0.3) is 10.1 Å². The van der Waals surface area contributed by atoms with E-state index in [4.69, 9.17) is 4.74 Å². The van der Waals surface area contributed by atoms with Crippen molar-refractivity contribution in [1.29, 1.82) is 0 Å². The minimum absolute atomic E-state index is 0.239. The van der Waals surface area contributed by atoms with Crippen LogP contribution in [-0.2, 0) is 16.6 Å². The van der Waals surface area contributed by atoms with Crippen molar-refractivity contribution in [3.05, 3.63) is 59.0 Å². The molecule has 1 aliphatic heterocycles. The zero-order valence-corrected chi connectivity index (χ0v) is 15.6. The number of amides is 1. The molecule has 0 fully saturated rings. The fraction of sp³-hybridized carbons (Fsp3) is 0.167. The van der Waals surface area contributed by atoms with Gasteiger partial charge in [0.25, 0.3) is 5.91 Å². The molecule has 1 N–H and O–H groups in total. The highest BCUT2D eigenvalue weighted by Crippen LogP contribution is 2.41. The number of benzene rings is 2. The lowest BCUT2D eigenvalue weighted by molar-refractivity contribution is 0.0984. The van der Waals surface area contributed by atoms with Crippen molar-refractivity contribution in [3.8, 4) is 5.75 Å². The summed E-state index contributed by atoms with van der Waals surface area (Å²) in [6.07, 6.45) is 0.517. The van der Waals surface area contributed by atoms with Gasteiger partial charge in [-0.25, -0.2) is 4.72 Å². The second kappa shape index (κ2) is 6.30. The molecule has 8 heteroatoms. The van der Waals surface area contributed by atoms with E-state index in [0.717, 1.165) is 21.4 Å². The number of anilines is 1. The summed E-state index contributed by atoms with van der Waals surface area (Å²) in [4.78, 5) is 12.7. The first-order chi connectivity index (χ1) is 12.5. The molecule has 1 aromatic heterocycles. The highest BCUT2D eigenvalue weighted by molar-refractivity contribution is 7.91. The molecule has 0 atom stereocenters. The number of hydrogen-bond acceptors (Lipinski definition) is 5. The Kier molecular flexibility index (Phi) is 4.08. The number of thiophene rings is 1. The molecule has 2 heterocycles. The molecule has 0 aliphatic carbocycles. The first-order valence-corrected chi connectivity index (χ1v) is 10.2. The molecule has 4 rings (SSSR count). The molecule has 2 aromatic carbocycles. The highest BCUT2D eigenvalue weighted by atomic mass is 32.2. The first kappa shape index (κ1) is 16.9. The van der Waals surface area contributed by atoms with E-state index in [2.05, 4.69) is 4.72 Å². The second-order valence-corrected chi connectivity index (χ2v) is 8.53. The van der Waals surface area contributed by atoms with Crippen molar-refractivity contribution in [2.24, 2.45) is 0 Å². The van der Waals surface area contributed by atoms with Crippen LogP contribution in [0.5, 0.6) is 5.75 Å². The monoisotopic (exact) mass is 388 g/mol. The van der Waals surface area contributed by atoms with Crippen LogP contribution >= 0.6 is 11.3 Å². The second-order valence-electron chi connectivity index (χ2n) is 5.88. The highest BCUT2D eigenvalue weighted by Gasteiger charge is 2.37. The third kappa shape index (κ3) is 2.81. The van der Waals surface area contributed by atoms with E-state index in [0.29, 0.717) is 17.0 Å². The van der Waals surface area contributed by atoms with Gasteiger partial charge in [0.2, 0.25) is 0 Å². The first-order valence-electron chi connectivity index (χ1n) is 7.99. The summed E-state index contributed by atoms with van der Waals surface area (Å²) in [6, 6.07) is 14.9. The topological polar surface area (TPSA) is 75.7 Å². The Hall–Kier alpha value is -2.58. The van der Waals surface area contributed by atoms with Gasteiger partial charge in [0.05, 0.1) is 12.8 Å². The zero-order chi connectivity index (χ0) is 18.3. The van der Waals surface area contributed by atoms with Crippen molar-refractivity contribution in [1.82, 2.24) is 4.72 Å². The molecule has 134 valence electrons. The Morgan fingerprint density at radius 1 is 1.12 bits per heavy atom. The number of hydrogen-bond donors (Lipinski definition) is 1. The van der Waals surface area contributed by atoms with Crippen molar-refractivity contribution in [2.45, 2.75) is 6.42 Å². The van der Waals surface area contributed by atoms with Crippen molar-refractivity contribution in [3.63, 3.8) is 0 Å². The molecule has 1 aliphatic rings. The minimum Gasteiger partial charge on any atom is -0.497 e. The summed E-state index contributed by atoms with van der Waals surface area (Å²) in [5.41, 5.74) is 1.46. The van der Waals surface area contributed by atoms with E-state index in [1.165, 1.54) is 15.6 Å². The van der Waals surface area contributed by atoms with Gasteiger partial charge in [0.15, 0.2) is 0 Å². The lowest BCUT2D eigenvalue weighted by Gasteiger charge is -2.28. The Morgan fingerprint density at radius 2 is 1.85 bits per heavy atom. The molecule has 0 saturated heterocycles. The van der Waals surface area contributed by atoms with Crippen LogP contribution in [0.4, 0.5) is 5.69 Å². The Labute approximate surface area is 155 Å². The number of carbonyl (C=O) groups excluding carboxylic acids is 1. The lowest BCUT2D eigenvalue weighted by atomic mass is 10.1. The molecule has 6 nitrogen and oxygen atoms in total. The van der Waals surface area contributed by atoms with Crippen molar-refractivity contribution in [2.75, 3.05) is 18.0 Å². The van der Waals surface area contributed by atoms with Gasteiger partial charge in [-0.3, -0.25) is 9.10 Å². The summed E-state index contributed by atoms with van der Waals surface area (Å²) >= 11 is 1.30. The maximum absolute atomic E-state index is 12.6. The number of nitrogens with one attached hydrogen (secondary N) is 1. The molecule has 0 radical (unpaired) electrons. The predicted octanol–water partition coefficient (Wildman–Crippen LogP) is 2.95. The van der Waals surface area contributed by atoms with Crippen LogP contribution in [0, 0.1) is 0 Å². The van der Waals surface area contributed by atoms with Crippen LogP contribution in [0.1, 0.15) is 15.2 Å². The maximum Gasteiger partial charge on any atom is 0.326 e. The Balaban J connectivity index is 1.72. The van der Waals surface area contributed by atoms with Crippen LogP contribution in [0.3, 0.4) is 0 Å². The standard InChI is InChI=1S/C18H16N2O4S2/c1-24-13-8-6-12(7-9-13)10-11-20-16-14-4-2-3-5-15(14)25-17(16)18(21)19-26(20,22)23/h2-9H,10-11H2,1H3,(H,19,21). The minimum atomic E-state index is -3.91. The number of rotatable bonds is 4. The van der Waals surface area contributed by atoms with Gasteiger partial charge in [0, 0.05) is 16.6 Å². The molecule has 26 heavy (non-hydrogen) atoms. The van der Waals surface area contributed by atoms with Gasteiger partial charge < -0.3 is 4.74 Å². The molecule has 3 aromatic rings. The normalized spacial score (nSPS) is 15.6. The number of fused-ring (bicyclic) bond motifs is 3. The van der Waals surface area contributed by atoms with Crippen LogP contribution in [-0.4, -0.2) is 28.0 Å². The van der Waals surface area contributed by atoms with Crippen LogP contribution < -0.4 is 13.8 Å². The van der Waals surface area contributed by atoms with E-state index in [-0.39, 0.29) is 6.54 Å². The summed E-state index contributed by atoms with van der Waals surface area (Å²) in [5, 5.41) is 0.778. The molecular formula is C18H16N2O4S2. The third-order valence-corrected chi connectivity index (χ3v) is 6.85. The smallest absolute Gasteiger partial charge is 0.326 e. The molecule has 0 bridgehead atoms. The van der Waals surface area contributed by atoms with E-state index >= 15 is 0 Å². The summed E-state index contributed by atoms with van der Waals surface area (Å²) in [6.45, 7) is 0.239. The SMILES string of the molecule is COc1ccc(CCN2c3c(sc4ccccc34)C(=O)NS2(=O)=O)cc1. The van der Waals surface area contributed by atoms with Crippen LogP contribution in [0.2, 0.25) is 0 Å². The van der Waals surface area contributed by atoms with E-state index in [9.17, 15) is 13.2 Å². The number of ether oxygens (including phenoxy) is 1. The fourth-order valence-corrected chi connectivity index (χ4v) is 5.46. The van der Waals surface area contributed by atoms with Crippen LogP contribution in [0.15, 0.2) is 48.5 Å². The maximum atomic E-state index is 12.6. The van der Waals surface area contributed by atoms with E-state index in [1.807, 2.05) is 48.5 Å². The van der Waals surface area contributed by atoms with Gasteiger partial charge in [0.1, 0.15) is 10.6 Å². The van der Waals surface area contributed by atoms with Gasteiger partial charge in [-0.2, -0.15) is 8.42 Å². The third-order valence-electron chi connectivity index (χ3n) is 4.30. The average molecular weight is 388 g/mol. The summed E-state index contributed by atoms with van der Waals surface area (Å²) in [7, 11) is -2.32. The van der Waals surface area contributed by atoms with Gasteiger partial charge in [-0.1, -0.05) is 30.3 Å². The van der Waals surface area contributed by atoms with E-state index in [1.54, 1.807) is 7.11 Å². The molecule has 1 amide bonds. The van der Waals surface area contributed by atoms with Crippen molar-refractivity contribution < 1.29 is 17.9 Å². The Morgan fingerprint density at radius 3 is 2.58 bits per heavy atom.